The number of urea groups is 1. The minimum absolute atomic E-state index is 0.0400. The molecule has 0 bridgehead atoms. The van der Waals surface area contributed by atoms with Crippen LogP contribution in [0.5, 0.6) is 0 Å². The highest BCUT2D eigenvalue weighted by Crippen LogP contribution is 2.57. The quantitative estimate of drug-likeness (QED) is 0.197. The molecule has 0 radical (unpaired) electrons. The summed E-state index contributed by atoms with van der Waals surface area (Å²) in [5, 5.41) is 8.31. The standard InChI is InChI=1S/C34H57N5O7/c1-31(2,3)17-46-29(44)25(33(7,8)9)38-30(45)37-24(32(4,5)6)28(43)39-16-20-19(15-34(20,10)11)22(39)27(42)36-21(14-18-12-13-18)23(40)26(35)41/h18-22,24-25H,12-17H2,1-11H3,(H2,35,41)(H,36,42)(H2,37,38,45)/t19-,20-,21?,22-,24+,25+/m0/s1. The lowest BCUT2D eigenvalue weighted by Crippen LogP contribution is -2.62. The zero-order valence-electron chi connectivity index (χ0n) is 29.7. The van der Waals surface area contributed by atoms with Gasteiger partial charge in [0.25, 0.3) is 5.91 Å². The molecule has 46 heavy (non-hydrogen) atoms. The first kappa shape index (κ1) is 37.3. The molecule has 12 heteroatoms. The van der Waals surface area contributed by atoms with Gasteiger partial charge in [-0.15, -0.1) is 0 Å². The van der Waals surface area contributed by atoms with E-state index in [4.69, 9.17) is 10.5 Å². The Morgan fingerprint density at radius 1 is 0.870 bits per heavy atom. The number of primary amides is 1. The molecule has 5 amide bonds. The summed E-state index contributed by atoms with van der Waals surface area (Å²) in [7, 11) is 0. The van der Waals surface area contributed by atoms with Gasteiger partial charge in [0.1, 0.15) is 18.1 Å². The predicted molar refractivity (Wildman–Crippen MR) is 173 cm³/mol. The molecule has 1 unspecified atom stereocenters. The normalized spacial score (nSPS) is 24.4. The van der Waals surface area contributed by atoms with Crippen LogP contribution in [0.15, 0.2) is 0 Å². The van der Waals surface area contributed by atoms with Crippen LogP contribution >= 0.6 is 0 Å². The number of nitrogens with one attached hydrogen (secondary N) is 3. The number of ether oxygens (including phenoxy) is 1. The largest absolute Gasteiger partial charge is 0.464 e. The third-order valence-electron chi connectivity index (χ3n) is 9.52. The molecule has 1 heterocycles. The molecule has 0 aromatic carbocycles. The second kappa shape index (κ2) is 13.1. The average Bonchev–Trinajstić information content (AvgIpc) is 3.64. The van der Waals surface area contributed by atoms with Crippen molar-refractivity contribution in [3.8, 4) is 0 Å². The smallest absolute Gasteiger partial charge is 0.329 e. The molecule has 0 aromatic heterocycles. The van der Waals surface area contributed by atoms with Crippen molar-refractivity contribution in [3.63, 3.8) is 0 Å². The first-order chi connectivity index (χ1) is 20.8. The van der Waals surface area contributed by atoms with Gasteiger partial charge in [-0.05, 0) is 52.3 Å². The van der Waals surface area contributed by atoms with Crippen molar-refractivity contribution in [1.82, 2.24) is 20.9 Å². The topological polar surface area (TPSA) is 177 Å². The lowest BCUT2D eigenvalue weighted by atomic mass is 9.55. The molecule has 260 valence electrons. The Kier molecular flexibility index (Phi) is 10.6. The summed E-state index contributed by atoms with van der Waals surface area (Å²) in [6.45, 7) is 21.4. The fraction of sp³-hybridized carbons (Fsp3) is 0.824. The molecular weight excluding hydrogens is 590 g/mol. The van der Waals surface area contributed by atoms with Crippen LogP contribution in [0.1, 0.15) is 102 Å². The highest BCUT2D eigenvalue weighted by Gasteiger charge is 2.61. The summed E-state index contributed by atoms with van der Waals surface area (Å²) in [6, 6.07) is -4.67. The van der Waals surface area contributed by atoms with Crippen LogP contribution in [-0.2, 0) is 28.7 Å². The van der Waals surface area contributed by atoms with Gasteiger partial charge < -0.3 is 31.3 Å². The molecule has 0 aromatic rings. The van der Waals surface area contributed by atoms with Gasteiger partial charge in [0.05, 0.1) is 12.6 Å². The van der Waals surface area contributed by atoms with Crippen LogP contribution in [0.3, 0.4) is 0 Å². The van der Waals surface area contributed by atoms with Gasteiger partial charge in [0.15, 0.2) is 0 Å². The van der Waals surface area contributed by atoms with Gasteiger partial charge in [-0.1, -0.05) is 89.0 Å². The first-order valence-corrected chi connectivity index (χ1v) is 16.5. The lowest BCUT2D eigenvalue weighted by molar-refractivity contribution is -0.151. The van der Waals surface area contributed by atoms with Gasteiger partial charge in [-0.2, -0.15) is 0 Å². The molecule has 3 aliphatic rings. The molecule has 3 rings (SSSR count). The number of Topliss-reactive ketones (excluding diaryl/α,β-unsaturated/α-hetero) is 1. The number of nitrogens with two attached hydrogens (primary N) is 1. The fourth-order valence-corrected chi connectivity index (χ4v) is 6.62. The highest BCUT2D eigenvalue weighted by atomic mass is 16.5. The molecule has 1 aliphatic heterocycles. The SMILES string of the molecule is CC(C)(C)COC(=O)[C@@H](NC(=O)N[C@H](C(=O)N1C[C@H]2[C@H](CC2(C)C)[C@H]1C(=O)NC(CC1CC1)C(=O)C(N)=O)C(C)(C)C)C(C)(C)C. The number of hydrogen-bond acceptors (Lipinski definition) is 7. The number of ketones is 1. The zero-order valence-corrected chi connectivity index (χ0v) is 29.7. The average molecular weight is 648 g/mol. The van der Waals surface area contributed by atoms with Gasteiger partial charge in [0.2, 0.25) is 17.6 Å². The van der Waals surface area contributed by atoms with Crippen molar-refractivity contribution in [3.05, 3.63) is 0 Å². The number of nitrogens with zero attached hydrogens (tertiary/aromatic N) is 1. The molecule has 2 saturated carbocycles. The van der Waals surface area contributed by atoms with Crippen molar-refractivity contribution in [2.75, 3.05) is 13.2 Å². The van der Waals surface area contributed by atoms with Gasteiger partial charge >= 0.3 is 12.0 Å². The van der Waals surface area contributed by atoms with Crippen molar-refractivity contribution >= 4 is 35.5 Å². The Balaban J connectivity index is 1.84. The van der Waals surface area contributed by atoms with Gasteiger partial charge in [0, 0.05) is 6.54 Å². The van der Waals surface area contributed by atoms with E-state index in [-0.39, 0.29) is 35.2 Å². The third-order valence-corrected chi connectivity index (χ3v) is 9.52. The lowest BCUT2D eigenvalue weighted by Gasteiger charge is -2.48. The number of hydrogen-bond donors (Lipinski definition) is 4. The Bertz CT molecular complexity index is 1220. The summed E-state index contributed by atoms with van der Waals surface area (Å²) in [6.07, 6.45) is 2.86. The van der Waals surface area contributed by atoms with E-state index >= 15 is 0 Å². The number of likely N-dealkylation sites (tertiary alicyclic amines) is 1. The van der Waals surface area contributed by atoms with E-state index in [1.165, 1.54) is 4.90 Å². The minimum Gasteiger partial charge on any atom is -0.464 e. The van der Waals surface area contributed by atoms with E-state index in [0.29, 0.717) is 19.4 Å². The Hall–Kier alpha value is -3.18. The van der Waals surface area contributed by atoms with Gasteiger partial charge in [-0.25, -0.2) is 9.59 Å². The number of rotatable bonds is 11. The monoisotopic (exact) mass is 647 g/mol. The van der Waals surface area contributed by atoms with Crippen LogP contribution in [0, 0.1) is 39.4 Å². The number of esters is 1. The molecule has 0 spiro atoms. The third kappa shape index (κ3) is 9.00. The Morgan fingerprint density at radius 3 is 1.87 bits per heavy atom. The number of carbonyl (C=O) groups excluding carboxylic acids is 6. The van der Waals surface area contributed by atoms with E-state index in [9.17, 15) is 28.8 Å². The molecule has 3 fully saturated rings. The fourth-order valence-electron chi connectivity index (χ4n) is 6.62. The molecule has 1 saturated heterocycles. The van der Waals surface area contributed by atoms with Crippen molar-refractivity contribution in [1.29, 1.82) is 0 Å². The molecule has 2 aliphatic carbocycles. The van der Waals surface area contributed by atoms with Crippen LogP contribution in [0.2, 0.25) is 0 Å². The summed E-state index contributed by atoms with van der Waals surface area (Å²) >= 11 is 0. The summed E-state index contributed by atoms with van der Waals surface area (Å²) in [4.78, 5) is 80.8. The van der Waals surface area contributed by atoms with Crippen LogP contribution in [0.4, 0.5) is 4.79 Å². The minimum atomic E-state index is -1.10. The van der Waals surface area contributed by atoms with E-state index in [1.54, 1.807) is 0 Å². The van der Waals surface area contributed by atoms with Crippen LogP contribution < -0.4 is 21.7 Å². The number of fused-ring (bicyclic) bond motifs is 1. The second-order valence-corrected chi connectivity index (χ2v) is 17.8. The summed E-state index contributed by atoms with van der Waals surface area (Å²) in [5.41, 5.74) is 3.48. The Labute approximate surface area is 274 Å². The maximum absolute atomic E-state index is 14.4. The predicted octanol–water partition coefficient (Wildman–Crippen LogP) is 2.92. The van der Waals surface area contributed by atoms with Crippen LogP contribution in [0.25, 0.3) is 0 Å². The number of carbonyl (C=O) groups is 6. The van der Waals surface area contributed by atoms with E-state index in [1.807, 2.05) is 62.3 Å². The molecule has 12 nitrogen and oxygen atoms in total. The van der Waals surface area contributed by atoms with Crippen molar-refractivity contribution in [2.45, 2.75) is 126 Å². The maximum atomic E-state index is 14.4. The highest BCUT2D eigenvalue weighted by molar-refractivity contribution is 6.37. The van der Waals surface area contributed by atoms with Gasteiger partial charge in [-0.3, -0.25) is 19.2 Å². The van der Waals surface area contributed by atoms with E-state index in [0.717, 1.165) is 12.8 Å². The molecule has 6 atom stereocenters. The molecule has 5 N–H and O–H groups in total. The maximum Gasteiger partial charge on any atom is 0.329 e. The first-order valence-electron chi connectivity index (χ1n) is 16.5. The van der Waals surface area contributed by atoms with E-state index in [2.05, 4.69) is 29.8 Å². The second-order valence-electron chi connectivity index (χ2n) is 17.8. The number of amides is 5. The van der Waals surface area contributed by atoms with E-state index < -0.39 is 70.5 Å². The summed E-state index contributed by atoms with van der Waals surface area (Å²) in [5.74, 6) is -3.31. The summed E-state index contributed by atoms with van der Waals surface area (Å²) < 4.78 is 5.52. The van der Waals surface area contributed by atoms with Crippen molar-refractivity contribution < 1.29 is 33.5 Å². The Morgan fingerprint density at radius 2 is 1.41 bits per heavy atom. The van der Waals surface area contributed by atoms with Crippen molar-refractivity contribution in [2.24, 2.45) is 45.1 Å². The zero-order chi connectivity index (χ0) is 35.2. The van der Waals surface area contributed by atoms with Crippen LogP contribution in [-0.4, -0.2) is 77.7 Å². The molecular formula is C34H57N5O7.